The number of phenols is 2. The molecule has 2 atom stereocenters. The van der Waals surface area contributed by atoms with Gasteiger partial charge in [-0.25, -0.2) is 0 Å². The average Bonchev–Trinajstić information content (AvgIpc) is 2.18. The molecular formula is C12H17NO3. The van der Waals surface area contributed by atoms with Gasteiger partial charge in [0.15, 0.2) is 0 Å². The van der Waals surface area contributed by atoms with Gasteiger partial charge in [0.05, 0.1) is 12.1 Å². The molecule has 1 aromatic carbocycles. The van der Waals surface area contributed by atoms with E-state index in [9.17, 15) is 15.3 Å². The van der Waals surface area contributed by atoms with Crippen molar-refractivity contribution in [3.63, 3.8) is 0 Å². The zero-order valence-corrected chi connectivity index (χ0v) is 9.00. The van der Waals surface area contributed by atoms with Crippen LogP contribution in [0.5, 0.6) is 11.5 Å². The molecule has 1 aliphatic rings. The number of benzene rings is 1. The van der Waals surface area contributed by atoms with E-state index in [0.29, 0.717) is 5.56 Å². The van der Waals surface area contributed by atoms with Gasteiger partial charge in [-0.15, -0.1) is 0 Å². The molecule has 4 heteroatoms. The van der Waals surface area contributed by atoms with Crippen molar-refractivity contribution in [1.29, 1.82) is 0 Å². The highest BCUT2D eigenvalue weighted by molar-refractivity contribution is 5.41. The fourth-order valence-electron chi connectivity index (χ4n) is 2.07. The van der Waals surface area contributed by atoms with Crippen LogP contribution in [-0.4, -0.2) is 21.4 Å². The smallest absolute Gasteiger partial charge is 0.120 e. The van der Waals surface area contributed by atoms with Crippen LogP contribution in [0.3, 0.4) is 0 Å². The molecule has 0 spiro atoms. The third-order valence-corrected chi connectivity index (χ3v) is 3.37. The Kier molecular flexibility index (Phi) is 3.03. The summed E-state index contributed by atoms with van der Waals surface area (Å²) in [5.41, 5.74) is 6.30. The molecule has 0 unspecified atom stereocenters. The lowest BCUT2D eigenvalue weighted by atomic mass is 9.77. The number of hydrogen-bond donors (Lipinski definition) is 4. The Morgan fingerprint density at radius 2 is 1.94 bits per heavy atom. The normalized spacial score (nSPS) is 20.1. The van der Waals surface area contributed by atoms with Gasteiger partial charge >= 0.3 is 0 Å². The molecule has 0 aliphatic heterocycles. The van der Waals surface area contributed by atoms with E-state index in [4.69, 9.17) is 5.73 Å². The van der Waals surface area contributed by atoms with E-state index in [1.54, 1.807) is 0 Å². The number of aliphatic hydroxyl groups is 1. The highest BCUT2D eigenvalue weighted by atomic mass is 16.3. The number of aromatic hydroxyl groups is 2. The van der Waals surface area contributed by atoms with E-state index in [0.717, 1.165) is 19.3 Å². The SMILES string of the molecule is N[C@H](c1cc(O)ccc1O)[C@@H](O)C1CCC1. The average molecular weight is 223 g/mol. The Morgan fingerprint density at radius 3 is 2.50 bits per heavy atom. The lowest BCUT2D eigenvalue weighted by molar-refractivity contribution is 0.0407. The number of aliphatic hydroxyl groups excluding tert-OH is 1. The first kappa shape index (κ1) is 11.2. The summed E-state index contributed by atoms with van der Waals surface area (Å²) in [5.74, 6) is 0.282. The van der Waals surface area contributed by atoms with Crippen LogP contribution >= 0.6 is 0 Å². The lowest BCUT2D eigenvalue weighted by Crippen LogP contribution is -2.36. The minimum atomic E-state index is -0.651. The summed E-state index contributed by atoms with van der Waals surface area (Å²) in [6, 6.07) is 3.54. The van der Waals surface area contributed by atoms with E-state index in [1.165, 1.54) is 18.2 Å². The zero-order chi connectivity index (χ0) is 11.7. The summed E-state index contributed by atoms with van der Waals surface area (Å²) >= 11 is 0. The number of phenolic OH excluding ortho intramolecular Hbond substituents is 2. The van der Waals surface area contributed by atoms with E-state index < -0.39 is 12.1 Å². The van der Waals surface area contributed by atoms with E-state index >= 15 is 0 Å². The number of nitrogens with two attached hydrogens (primary N) is 1. The highest BCUT2D eigenvalue weighted by Gasteiger charge is 2.31. The van der Waals surface area contributed by atoms with Crippen LogP contribution in [0, 0.1) is 5.92 Å². The third kappa shape index (κ3) is 1.99. The summed E-state index contributed by atoms with van der Waals surface area (Å²) in [5, 5.41) is 28.9. The molecule has 0 heterocycles. The molecule has 0 aromatic heterocycles. The predicted molar refractivity (Wildman–Crippen MR) is 60.0 cm³/mol. The monoisotopic (exact) mass is 223 g/mol. The van der Waals surface area contributed by atoms with E-state index in [1.807, 2.05) is 0 Å². The van der Waals surface area contributed by atoms with E-state index in [-0.39, 0.29) is 17.4 Å². The maximum atomic E-state index is 9.99. The van der Waals surface area contributed by atoms with Gasteiger partial charge < -0.3 is 21.1 Å². The molecule has 1 saturated carbocycles. The van der Waals surface area contributed by atoms with Gasteiger partial charge in [0, 0.05) is 5.56 Å². The maximum absolute atomic E-state index is 9.99. The summed E-state index contributed by atoms with van der Waals surface area (Å²) < 4.78 is 0. The lowest BCUT2D eigenvalue weighted by Gasteiger charge is -2.34. The van der Waals surface area contributed by atoms with Crippen LogP contribution in [0.2, 0.25) is 0 Å². The third-order valence-electron chi connectivity index (χ3n) is 3.37. The van der Waals surface area contributed by atoms with Gasteiger partial charge in [-0.3, -0.25) is 0 Å². The van der Waals surface area contributed by atoms with Crippen LogP contribution in [0.25, 0.3) is 0 Å². The predicted octanol–water partition coefficient (Wildman–Crippen LogP) is 1.26. The molecule has 2 rings (SSSR count). The molecule has 1 fully saturated rings. The van der Waals surface area contributed by atoms with Gasteiger partial charge in [0.2, 0.25) is 0 Å². The standard InChI is InChI=1S/C12H17NO3/c13-11(12(16)7-2-1-3-7)9-6-8(14)4-5-10(9)15/h4-7,11-12,14-16H,1-3,13H2/t11-,12+/m1/s1. The van der Waals surface area contributed by atoms with Crippen LogP contribution in [0.15, 0.2) is 18.2 Å². The fraction of sp³-hybridized carbons (Fsp3) is 0.500. The molecule has 0 bridgehead atoms. The number of rotatable bonds is 3. The maximum Gasteiger partial charge on any atom is 0.120 e. The molecule has 4 nitrogen and oxygen atoms in total. The van der Waals surface area contributed by atoms with Gasteiger partial charge in [-0.2, -0.15) is 0 Å². The number of hydrogen-bond acceptors (Lipinski definition) is 4. The van der Waals surface area contributed by atoms with Crippen molar-refractivity contribution in [2.75, 3.05) is 0 Å². The molecule has 88 valence electrons. The van der Waals surface area contributed by atoms with Crippen molar-refractivity contribution in [2.45, 2.75) is 31.4 Å². The second kappa shape index (κ2) is 4.31. The van der Waals surface area contributed by atoms with Gasteiger partial charge in [-0.1, -0.05) is 6.42 Å². The van der Waals surface area contributed by atoms with Crippen molar-refractivity contribution in [2.24, 2.45) is 11.7 Å². The Morgan fingerprint density at radius 1 is 1.25 bits per heavy atom. The topological polar surface area (TPSA) is 86.7 Å². The minimum absolute atomic E-state index is 0.0173. The Labute approximate surface area is 94.3 Å². The van der Waals surface area contributed by atoms with Crippen LogP contribution in [-0.2, 0) is 0 Å². The highest BCUT2D eigenvalue weighted by Crippen LogP contribution is 2.37. The van der Waals surface area contributed by atoms with Crippen molar-refractivity contribution in [1.82, 2.24) is 0 Å². The van der Waals surface area contributed by atoms with Crippen LogP contribution in [0.4, 0.5) is 0 Å². The van der Waals surface area contributed by atoms with Crippen LogP contribution in [0.1, 0.15) is 30.9 Å². The molecule has 0 amide bonds. The van der Waals surface area contributed by atoms with Crippen molar-refractivity contribution < 1.29 is 15.3 Å². The summed E-state index contributed by atoms with van der Waals surface area (Å²) in [4.78, 5) is 0. The molecule has 0 radical (unpaired) electrons. The quantitative estimate of drug-likeness (QED) is 0.581. The van der Waals surface area contributed by atoms with Crippen molar-refractivity contribution >= 4 is 0 Å². The second-order valence-electron chi connectivity index (χ2n) is 4.45. The Balaban J connectivity index is 2.18. The Bertz CT molecular complexity index is 377. The Hall–Kier alpha value is -1.26. The van der Waals surface area contributed by atoms with Gasteiger partial charge in [0.25, 0.3) is 0 Å². The first-order valence-electron chi connectivity index (χ1n) is 5.55. The van der Waals surface area contributed by atoms with Crippen LogP contribution < -0.4 is 5.73 Å². The summed E-state index contributed by atoms with van der Waals surface area (Å²) in [7, 11) is 0. The molecule has 16 heavy (non-hydrogen) atoms. The van der Waals surface area contributed by atoms with Gasteiger partial charge in [0.1, 0.15) is 11.5 Å². The molecule has 1 aromatic rings. The molecule has 5 N–H and O–H groups in total. The minimum Gasteiger partial charge on any atom is -0.508 e. The fourth-order valence-corrected chi connectivity index (χ4v) is 2.07. The first-order chi connectivity index (χ1) is 7.59. The van der Waals surface area contributed by atoms with Crippen molar-refractivity contribution in [3.05, 3.63) is 23.8 Å². The largest absolute Gasteiger partial charge is 0.508 e. The molecule has 1 aliphatic carbocycles. The first-order valence-corrected chi connectivity index (χ1v) is 5.55. The van der Waals surface area contributed by atoms with Crippen molar-refractivity contribution in [3.8, 4) is 11.5 Å². The second-order valence-corrected chi connectivity index (χ2v) is 4.45. The van der Waals surface area contributed by atoms with Gasteiger partial charge in [-0.05, 0) is 37.0 Å². The van der Waals surface area contributed by atoms with E-state index in [2.05, 4.69) is 0 Å². The summed E-state index contributed by atoms with van der Waals surface area (Å²) in [6.45, 7) is 0. The molecule has 0 saturated heterocycles. The summed E-state index contributed by atoms with van der Waals surface area (Å²) in [6.07, 6.45) is 2.44. The molecular weight excluding hydrogens is 206 g/mol. The zero-order valence-electron chi connectivity index (χ0n) is 9.00.